The van der Waals surface area contributed by atoms with Crippen molar-refractivity contribution in [3.8, 4) is 0 Å². The normalized spacial score (nSPS) is 19.1. The molecule has 1 aliphatic heterocycles. The van der Waals surface area contributed by atoms with E-state index in [0.29, 0.717) is 51.0 Å². The average molecular weight is 961 g/mol. The van der Waals surface area contributed by atoms with Crippen molar-refractivity contribution in [1.29, 1.82) is 0 Å². The molecule has 3 atom stereocenters. The van der Waals surface area contributed by atoms with Crippen LogP contribution in [-0.4, -0.2) is 99.7 Å². The molecule has 2 amide bonds. The first-order valence-corrected chi connectivity index (χ1v) is 27.5. The van der Waals surface area contributed by atoms with Gasteiger partial charge in [-0.05, 0) is 77.0 Å². The van der Waals surface area contributed by atoms with E-state index < -0.39 is 44.4 Å². The number of hydrogen-bond acceptors (Lipinski definition) is 13. The van der Waals surface area contributed by atoms with E-state index in [-0.39, 0.29) is 44.8 Å². The highest BCUT2D eigenvalue weighted by atomic mass is 31.2. The number of rotatable bonds is 37. The molecule has 3 N–H and O–H groups in total. The lowest BCUT2D eigenvalue weighted by molar-refractivity contribution is -0.161. The second-order valence-corrected chi connectivity index (χ2v) is 20.7. The van der Waals surface area contributed by atoms with Gasteiger partial charge in [0.15, 0.2) is 11.9 Å². The number of ether oxygens (including phenoxy) is 6. The van der Waals surface area contributed by atoms with Crippen LogP contribution in [0, 0.1) is 11.8 Å². The number of unbranched alkanes of at least 4 members (excludes halogenated alkanes) is 16. The number of phosphoric acid groups is 1. The van der Waals surface area contributed by atoms with Gasteiger partial charge in [-0.15, -0.1) is 0 Å². The van der Waals surface area contributed by atoms with E-state index in [1.807, 2.05) is 0 Å². The van der Waals surface area contributed by atoms with E-state index in [0.717, 1.165) is 128 Å². The lowest BCUT2D eigenvalue weighted by Gasteiger charge is -2.21. The Morgan fingerprint density at radius 2 is 1.02 bits per heavy atom. The first-order valence-electron chi connectivity index (χ1n) is 26.0. The minimum absolute atomic E-state index is 0.163. The topological polar surface area (TPSA) is 203 Å². The molecule has 1 saturated heterocycles. The van der Waals surface area contributed by atoms with Gasteiger partial charge in [0, 0.05) is 25.9 Å². The zero-order valence-corrected chi connectivity index (χ0v) is 41.8. The SMILES string of the molecule is CC1(C)OCC(COP(=O)(O)OCC(COC(=O)CCCCCCCCCCCNC(=O)OCC2CCCCC2)OC(=O)CCCCCCCCCCCNC(=O)OCC2CCCCC2)O1. The summed E-state index contributed by atoms with van der Waals surface area (Å²) in [6.07, 6.45) is 28.2. The van der Waals surface area contributed by atoms with Crippen molar-refractivity contribution >= 4 is 31.9 Å². The first-order chi connectivity index (χ1) is 31.9. The van der Waals surface area contributed by atoms with Gasteiger partial charge in [0.1, 0.15) is 12.7 Å². The zero-order valence-electron chi connectivity index (χ0n) is 40.9. The number of carbonyl (C=O) groups excluding carboxylic acids is 4. The van der Waals surface area contributed by atoms with Crippen LogP contribution in [-0.2, 0) is 51.6 Å². The minimum Gasteiger partial charge on any atom is -0.462 e. The van der Waals surface area contributed by atoms with E-state index in [1.165, 1.54) is 38.5 Å². The van der Waals surface area contributed by atoms with Crippen LogP contribution in [0.1, 0.15) is 206 Å². The highest BCUT2D eigenvalue weighted by molar-refractivity contribution is 7.47. The van der Waals surface area contributed by atoms with Crippen LogP contribution in [0.3, 0.4) is 0 Å². The van der Waals surface area contributed by atoms with Crippen LogP contribution < -0.4 is 10.6 Å². The summed E-state index contributed by atoms with van der Waals surface area (Å²) < 4.78 is 55.8. The minimum atomic E-state index is -4.55. The molecule has 66 heavy (non-hydrogen) atoms. The lowest BCUT2D eigenvalue weighted by atomic mass is 9.90. The predicted molar refractivity (Wildman–Crippen MR) is 252 cm³/mol. The van der Waals surface area contributed by atoms with E-state index in [2.05, 4.69) is 10.6 Å². The smallest absolute Gasteiger partial charge is 0.462 e. The third-order valence-corrected chi connectivity index (χ3v) is 13.6. The summed E-state index contributed by atoms with van der Waals surface area (Å²) in [6, 6.07) is 0. The van der Waals surface area contributed by atoms with Crippen molar-refractivity contribution in [3.63, 3.8) is 0 Å². The summed E-state index contributed by atoms with van der Waals surface area (Å²) in [7, 11) is -4.55. The number of phosphoric ester groups is 1. The number of nitrogens with one attached hydrogen (secondary N) is 2. The number of esters is 2. The Labute approximate surface area is 396 Å². The molecule has 384 valence electrons. The molecular weight excluding hydrogens is 872 g/mol. The molecule has 2 saturated carbocycles. The maximum absolute atomic E-state index is 12.8. The molecule has 0 aromatic rings. The van der Waals surface area contributed by atoms with Crippen molar-refractivity contribution in [2.24, 2.45) is 11.8 Å². The molecule has 2 aliphatic carbocycles. The van der Waals surface area contributed by atoms with Gasteiger partial charge in [-0.1, -0.05) is 128 Å². The number of amides is 2. The van der Waals surface area contributed by atoms with Crippen LogP contribution in [0.2, 0.25) is 0 Å². The maximum atomic E-state index is 12.8. The largest absolute Gasteiger partial charge is 0.472 e. The molecule has 0 aromatic heterocycles. The Morgan fingerprint density at radius 3 is 1.47 bits per heavy atom. The highest BCUT2D eigenvalue weighted by Crippen LogP contribution is 2.44. The highest BCUT2D eigenvalue weighted by Gasteiger charge is 2.35. The Morgan fingerprint density at radius 1 is 0.576 bits per heavy atom. The van der Waals surface area contributed by atoms with Crippen LogP contribution >= 0.6 is 7.82 Å². The van der Waals surface area contributed by atoms with Gasteiger partial charge in [0.05, 0.1) is 33.0 Å². The molecule has 0 bridgehead atoms. The third kappa shape index (κ3) is 30.8. The molecule has 3 fully saturated rings. The Kier molecular flexibility index (Phi) is 31.2. The van der Waals surface area contributed by atoms with Gasteiger partial charge in [0.25, 0.3) is 0 Å². The van der Waals surface area contributed by atoms with Crippen molar-refractivity contribution < 1.29 is 66.1 Å². The van der Waals surface area contributed by atoms with Crippen molar-refractivity contribution in [3.05, 3.63) is 0 Å². The fourth-order valence-corrected chi connectivity index (χ4v) is 9.48. The van der Waals surface area contributed by atoms with Crippen molar-refractivity contribution in [2.75, 3.05) is 52.7 Å². The molecule has 3 rings (SSSR count). The molecule has 0 radical (unpaired) electrons. The molecule has 0 aromatic carbocycles. The van der Waals surface area contributed by atoms with E-state index in [4.69, 9.17) is 37.5 Å². The molecule has 1 heterocycles. The van der Waals surface area contributed by atoms with E-state index >= 15 is 0 Å². The summed E-state index contributed by atoms with van der Waals surface area (Å²) in [5, 5.41) is 5.73. The fourth-order valence-electron chi connectivity index (χ4n) is 8.70. The summed E-state index contributed by atoms with van der Waals surface area (Å²) >= 11 is 0. The van der Waals surface area contributed by atoms with Crippen LogP contribution in [0.4, 0.5) is 9.59 Å². The molecule has 3 unspecified atom stereocenters. The fraction of sp³-hybridized carbons (Fsp3) is 0.918. The summed E-state index contributed by atoms with van der Waals surface area (Å²) in [4.78, 5) is 59.6. The number of hydrogen-bond donors (Lipinski definition) is 3. The van der Waals surface area contributed by atoms with Crippen molar-refractivity contribution in [1.82, 2.24) is 10.6 Å². The third-order valence-electron chi connectivity index (χ3n) is 12.6. The quantitative estimate of drug-likeness (QED) is 0.0229. The summed E-state index contributed by atoms with van der Waals surface area (Å²) in [6.45, 7) is 4.97. The van der Waals surface area contributed by atoms with E-state index in [1.54, 1.807) is 13.8 Å². The lowest BCUT2D eigenvalue weighted by Crippen LogP contribution is -2.30. The van der Waals surface area contributed by atoms with Gasteiger partial charge in [-0.3, -0.25) is 18.6 Å². The Bertz CT molecular complexity index is 1360. The van der Waals surface area contributed by atoms with Crippen LogP contribution in [0.5, 0.6) is 0 Å². The Hall–Kier alpha value is -2.49. The second-order valence-electron chi connectivity index (χ2n) is 19.2. The number of carbonyl (C=O) groups is 4. The van der Waals surface area contributed by atoms with E-state index in [9.17, 15) is 28.6 Å². The molecule has 0 spiro atoms. The maximum Gasteiger partial charge on any atom is 0.472 e. The molecule has 3 aliphatic rings. The van der Waals surface area contributed by atoms with Gasteiger partial charge in [-0.2, -0.15) is 0 Å². The monoisotopic (exact) mass is 961 g/mol. The standard InChI is InChI=1S/C49H89N2O14P/c1-49(2)61-38-44(65-49)40-63-66(56,57)62-39-43(64-46(53)32-24-14-10-6-4-8-12-16-26-34-51-48(55)60-36-42-29-21-18-22-30-42)37-58-45(52)31-23-13-9-5-3-7-11-15-25-33-50-47(54)59-35-41-27-19-17-20-28-41/h41-44H,3-40H2,1-2H3,(H,50,54)(H,51,55)(H,56,57). The second kappa shape index (κ2) is 35.6. The molecule has 16 nitrogen and oxygen atoms in total. The first kappa shape index (κ1) is 57.8. The van der Waals surface area contributed by atoms with Gasteiger partial charge in [-0.25, -0.2) is 14.2 Å². The van der Waals surface area contributed by atoms with Crippen LogP contribution in [0.15, 0.2) is 0 Å². The average Bonchev–Trinajstić information content (AvgIpc) is 3.67. The summed E-state index contributed by atoms with van der Waals surface area (Å²) in [5.74, 6) is -0.723. The van der Waals surface area contributed by atoms with Crippen molar-refractivity contribution in [2.45, 2.75) is 224 Å². The summed E-state index contributed by atoms with van der Waals surface area (Å²) in [5.41, 5.74) is 0. The Balaban J connectivity index is 1.20. The van der Waals surface area contributed by atoms with Gasteiger partial charge >= 0.3 is 31.9 Å². The van der Waals surface area contributed by atoms with Gasteiger partial charge < -0.3 is 43.9 Å². The molecular formula is C49H89N2O14P. The van der Waals surface area contributed by atoms with Gasteiger partial charge in [0.2, 0.25) is 0 Å². The predicted octanol–water partition coefficient (Wildman–Crippen LogP) is 11.1. The number of alkyl carbamates (subject to hydrolysis) is 2. The zero-order chi connectivity index (χ0) is 47.6. The molecule has 17 heteroatoms. The van der Waals surface area contributed by atoms with Crippen LogP contribution in [0.25, 0.3) is 0 Å².